The molecule has 16 rings (SSSR count). The number of carbonyl (C=O) groups is 6. The summed E-state index contributed by atoms with van der Waals surface area (Å²) in [5, 5.41) is 16.1. The molecule has 8 aliphatic rings. The van der Waals surface area contributed by atoms with Gasteiger partial charge < -0.3 is 84.2 Å². The molecule has 1 N–H and O–H groups in total. The molecule has 132 heavy (non-hydrogen) atoms. The van der Waals surface area contributed by atoms with Gasteiger partial charge in [-0.15, -0.1) is 6.07 Å². The average Bonchev–Trinajstić information content (AvgIpc) is 1.54. The maximum absolute atomic E-state index is 12.5. The number of hydrogen-bond acceptors (Lipinski definition) is 22. The standard InChI is InChI=1S/C22H24Cl2N2O4.C22H24Cl2N2O3.C18H17Cl2NO.C16H20N2O4.C10H18O5.C6H3Cl2.CH3FS.CH4.BrH.Mg/c1-20(2,3)29-19(27)26-9-6-21(7-10-26)18-17(5-4-8-25-18)22(28,30-21)14-11-15(23)13-16(24)12-14;1-21(2,3)29-20(27)26-9-6-22(7-10-26)19-17(5-4-8-25-19)18(28-22)14-11-15(23)13-16(24)12-14;19-13-9-12(10-14(20)11-13)16-15-5-4-8-21-17(15)18(22-16)6-2-1-3-7-18;1-15(2,3)22-14(20)18-9-6-16(7-10-18)12-11(13(19)21-16)5-4-8-17-12;1-9(2,3)14-7(11)13-8(12)15-10(4,5)6;7-5-2-1-3-6(8)4-5;1-3-2;;;/h4-5,8,11-13,28H,6-7,9-10H2,1-3H3;4-5,8,11-13,18H,6-7,9-10H2,1-3H3;4-5,8-11,16H,1-3,6-7H2;4-5,8H,6-7,9-10H2,1-3H3;1-6H3;2-4H;1H3;1H4;1H;/q;;;;;-1;;;;+2/p-1. The molecule has 3 saturated heterocycles. The van der Waals surface area contributed by atoms with Gasteiger partial charge in [-0.25, -0.2) is 28.8 Å². The number of amides is 3. The second-order valence-electron chi connectivity index (χ2n) is 36.9. The van der Waals surface area contributed by atoms with Crippen LogP contribution in [0.4, 0.5) is 27.9 Å². The van der Waals surface area contributed by atoms with Crippen LogP contribution in [0.25, 0.3) is 0 Å². The molecule has 0 radical (unpaired) electrons. The Hall–Kier alpha value is -6.81. The first-order valence-corrected chi connectivity index (χ1v) is 46.3. The first-order chi connectivity index (χ1) is 60.4. The van der Waals surface area contributed by atoms with E-state index in [1.165, 1.54) is 25.5 Å². The second-order valence-corrected chi connectivity index (χ2v) is 40.7. The molecule has 3 unspecified atom stereocenters. The van der Waals surface area contributed by atoms with E-state index < -0.39 is 62.9 Å². The molecule has 4 aromatic heterocycles. The van der Waals surface area contributed by atoms with Gasteiger partial charge in [0.1, 0.15) is 57.0 Å². The summed E-state index contributed by atoms with van der Waals surface area (Å²) in [6.07, 6.45) is 14.0. The second kappa shape index (κ2) is 47.0. The molecule has 11 heterocycles. The van der Waals surface area contributed by atoms with Crippen molar-refractivity contribution in [1.29, 1.82) is 0 Å². The Morgan fingerprint density at radius 2 is 0.765 bits per heavy atom. The Labute approximate surface area is 844 Å². The Kier molecular flexibility index (Phi) is 40.0. The van der Waals surface area contributed by atoms with E-state index in [2.05, 4.69) is 36.8 Å². The number of esters is 1. The quantitative estimate of drug-likeness (QED) is 0.0565. The fourth-order valence-electron chi connectivity index (χ4n) is 15.9. The van der Waals surface area contributed by atoms with Crippen molar-refractivity contribution in [1.82, 2.24) is 34.6 Å². The maximum Gasteiger partial charge on any atom is 2.00 e. The summed E-state index contributed by atoms with van der Waals surface area (Å²) >= 11 is 48.5. The molecular formula is C96H113BrCl8FMgN7O17S. The topological polar surface area (TPSA) is 276 Å². The minimum atomic E-state index is -1.73. The zero-order valence-electron chi connectivity index (χ0n) is 76.0. The Morgan fingerprint density at radius 1 is 0.447 bits per heavy atom. The molecule has 712 valence electrons. The smallest absolute Gasteiger partial charge is 1.00 e. The summed E-state index contributed by atoms with van der Waals surface area (Å²) in [7, 11) is 0. The van der Waals surface area contributed by atoms with Crippen molar-refractivity contribution < 1.29 is 102 Å². The number of aliphatic hydroxyl groups is 1. The molecule has 24 nitrogen and oxygen atoms in total. The number of rotatable bonds is 3. The molecule has 4 spiro atoms. The van der Waals surface area contributed by atoms with E-state index in [9.17, 15) is 37.8 Å². The summed E-state index contributed by atoms with van der Waals surface area (Å²) < 4.78 is 65.6. The Morgan fingerprint density at radius 3 is 1.13 bits per heavy atom. The summed E-state index contributed by atoms with van der Waals surface area (Å²) in [5.74, 6) is -2.06. The third kappa shape index (κ3) is 30.1. The SMILES string of the molecule is C.CC(C)(C)OC(=O)N1CCC2(CC1)OC(=O)c1cccnc12.CC(C)(C)OC(=O)N1CCC2(CC1)OC(O)(c1cc(Cl)cc(Cl)c1)c1cccnc12.CC(C)(C)OC(=O)N1CCC2(CC1)OC(c1cc(Cl)cc(Cl)c1)c1cccnc12.CC(C)(C)OC(=O)OC(=O)OC(C)(C)C.CSF.Clc1c[c-]cc(Cl)c1.Clc1cc(Cl)cc(C2OC3(CCCCC3)c3ncccc32)c1.[Br-].[Mg+2]. The Balaban J connectivity index is 0.000000221. The fraction of sp³-hybridized carbons (Fsp3) is 0.479. The van der Waals surface area contributed by atoms with E-state index >= 15 is 0 Å². The monoisotopic (exact) mass is 2070 g/mol. The van der Waals surface area contributed by atoms with Gasteiger partial charge in [0.2, 0.25) is 5.79 Å². The largest absolute Gasteiger partial charge is 2.00 e. The molecule has 36 heteroatoms. The maximum atomic E-state index is 12.5. The van der Waals surface area contributed by atoms with E-state index in [0.717, 1.165) is 46.5 Å². The number of pyridine rings is 4. The van der Waals surface area contributed by atoms with Crippen LogP contribution in [0.15, 0.2) is 146 Å². The van der Waals surface area contributed by atoms with Crippen LogP contribution < -0.4 is 17.0 Å². The van der Waals surface area contributed by atoms with Gasteiger partial charge in [0.15, 0.2) is 5.60 Å². The van der Waals surface area contributed by atoms with Crippen LogP contribution >= 0.6 is 105 Å². The number of likely N-dealkylation sites (tertiary alicyclic amines) is 3. The summed E-state index contributed by atoms with van der Waals surface area (Å²) in [4.78, 5) is 94.3. The van der Waals surface area contributed by atoms with Gasteiger partial charge in [0.25, 0.3) is 0 Å². The van der Waals surface area contributed by atoms with Crippen molar-refractivity contribution in [3.63, 3.8) is 0 Å². The number of carbonyl (C=O) groups excluding carboxylic acids is 6. The zero-order chi connectivity index (χ0) is 94.6. The molecule has 8 aromatic rings. The van der Waals surface area contributed by atoms with E-state index in [0.29, 0.717) is 146 Å². The third-order valence-electron chi connectivity index (χ3n) is 21.1. The molecule has 0 bridgehead atoms. The third-order valence-corrected chi connectivity index (χ3v) is 22.9. The van der Waals surface area contributed by atoms with Crippen LogP contribution in [-0.4, -0.2) is 173 Å². The molecule has 3 amide bonds. The summed E-state index contributed by atoms with van der Waals surface area (Å²) in [6, 6.07) is 38.8. The predicted octanol–water partition coefficient (Wildman–Crippen LogP) is 22.9. The number of halogens is 10. The van der Waals surface area contributed by atoms with Crippen LogP contribution in [-0.2, 0) is 75.6 Å². The van der Waals surface area contributed by atoms with E-state index in [4.69, 9.17) is 135 Å². The van der Waals surface area contributed by atoms with Gasteiger partial charge in [-0.1, -0.05) is 118 Å². The van der Waals surface area contributed by atoms with Crippen molar-refractivity contribution in [3.05, 3.63) is 254 Å². The summed E-state index contributed by atoms with van der Waals surface area (Å²) in [6.45, 7) is 29.6. The van der Waals surface area contributed by atoms with E-state index in [1.54, 1.807) is 148 Å². The van der Waals surface area contributed by atoms with Crippen molar-refractivity contribution in [2.24, 2.45) is 0 Å². The van der Waals surface area contributed by atoms with Gasteiger partial charge in [-0.05, 0) is 232 Å². The molecule has 4 aromatic carbocycles. The Bertz CT molecular complexity index is 5200. The number of ether oxygens (including phenoxy) is 10. The number of hydrogen-bond donors (Lipinski definition) is 1. The molecule has 1 aliphatic carbocycles. The van der Waals surface area contributed by atoms with Crippen LogP contribution in [0.1, 0.15) is 261 Å². The number of nitrogens with zero attached hydrogens (tertiary/aromatic N) is 7. The van der Waals surface area contributed by atoms with Crippen molar-refractivity contribution >= 4 is 165 Å². The van der Waals surface area contributed by atoms with Gasteiger partial charge in [0, 0.05) is 161 Å². The fourth-order valence-corrected chi connectivity index (χ4v) is 18.0. The molecule has 4 fully saturated rings. The van der Waals surface area contributed by atoms with E-state index in [1.807, 2.05) is 111 Å². The normalized spacial score (nSPS) is 18.8. The van der Waals surface area contributed by atoms with Crippen LogP contribution in [0, 0.1) is 6.07 Å². The van der Waals surface area contributed by atoms with Crippen molar-refractivity contribution in [2.75, 3.05) is 45.5 Å². The number of piperidine rings is 3. The molecule has 3 atom stereocenters. The van der Waals surface area contributed by atoms with Crippen molar-refractivity contribution in [2.45, 2.75) is 250 Å². The predicted molar refractivity (Wildman–Crippen MR) is 509 cm³/mol. The average molecular weight is 2080 g/mol. The van der Waals surface area contributed by atoms with Gasteiger partial charge in [-0.3, -0.25) is 19.9 Å². The van der Waals surface area contributed by atoms with Crippen LogP contribution in [0.3, 0.4) is 0 Å². The van der Waals surface area contributed by atoms with Crippen LogP contribution in [0.5, 0.6) is 0 Å². The minimum Gasteiger partial charge on any atom is -1.00 e. The van der Waals surface area contributed by atoms with Gasteiger partial charge in [0.05, 0.1) is 28.3 Å². The van der Waals surface area contributed by atoms with Gasteiger partial charge >= 0.3 is 59.6 Å². The number of fused-ring (bicyclic) bond motifs is 8. The summed E-state index contributed by atoms with van der Waals surface area (Å²) in [5.41, 5.74) is 3.81. The van der Waals surface area contributed by atoms with E-state index in [-0.39, 0.29) is 102 Å². The minimum absolute atomic E-state index is 0. The first-order valence-electron chi connectivity index (χ1n) is 42.1. The molecular weight excluding hydrogens is 1960 g/mol. The number of benzene rings is 4. The molecule has 1 saturated carbocycles. The zero-order valence-corrected chi connectivity index (χ0v) is 85.9. The van der Waals surface area contributed by atoms with Gasteiger partial charge in [-0.2, -0.15) is 45.3 Å². The molecule has 7 aliphatic heterocycles. The first kappa shape index (κ1) is 112. The van der Waals surface area contributed by atoms with Crippen LogP contribution in [0.2, 0.25) is 40.2 Å². The number of aromatic nitrogens is 4. The van der Waals surface area contributed by atoms with Crippen molar-refractivity contribution in [3.8, 4) is 0 Å².